The summed E-state index contributed by atoms with van der Waals surface area (Å²) in [5.41, 5.74) is 6.42. The van der Waals surface area contributed by atoms with Crippen molar-refractivity contribution in [3.8, 4) is 5.75 Å². The molecule has 20 heavy (non-hydrogen) atoms. The van der Waals surface area contributed by atoms with E-state index in [0.29, 0.717) is 23.0 Å². The minimum Gasteiger partial charge on any atom is -0.484 e. The number of hydrogen-bond acceptors (Lipinski definition) is 5. The van der Waals surface area contributed by atoms with Crippen molar-refractivity contribution >= 4 is 11.7 Å². The third-order valence-corrected chi connectivity index (χ3v) is 2.61. The molecule has 0 aliphatic rings. The Morgan fingerprint density at radius 2 is 2.10 bits per heavy atom. The van der Waals surface area contributed by atoms with Gasteiger partial charge in [0, 0.05) is 18.3 Å². The first-order valence-electron chi connectivity index (χ1n) is 6.17. The summed E-state index contributed by atoms with van der Waals surface area (Å²) >= 11 is 0. The van der Waals surface area contributed by atoms with E-state index in [9.17, 15) is 4.79 Å². The molecule has 104 valence electrons. The van der Waals surface area contributed by atoms with Crippen LogP contribution in [0.2, 0.25) is 0 Å². The van der Waals surface area contributed by atoms with Crippen LogP contribution in [0.15, 0.2) is 36.5 Å². The lowest BCUT2D eigenvalue weighted by Crippen LogP contribution is -2.28. The van der Waals surface area contributed by atoms with E-state index in [-0.39, 0.29) is 19.1 Å². The highest BCUT2D eigenvalue weighted by Gasteiger charge is 2.06. The lowest BCUT2D eigenvalue weighted by Gasteiger charge is -2.08. The zero-order chi connectivity index (χ0) is 14.4. The molecule has 1 aromatic carbocycles. The van der Waals surface area contributed by atoms with Crippen molar-refractivity contribution in [1.82, 2.24) is 15.3 Å². The number of hydrogen-bond donors (Lipinski definition) is 2. The number of carbonyl (C=O) groups excluding carboxylic acids is 1. The second-order valence-corrected chi connectivity index (χ2v) is 4.21. The Morgan fingerprint density at radius 1 is 1.35 bits per heavy atom. The molecular formula is C14H16N4O2. The van der Waals surface area contributed by atoms with Gasteiger partial charge in [0.05, 0.1) is 0 Å². The Balaban J connectivity index is 1.80. The average molecular weight is 272 g/mol. The van der Waals surface area contributed by atoms with Crippen LogP contribution in [0.25, 0.3) is 0 Å². The van der Waals surface area contributed by atoms with Crippen molar-refractivity contribution in [1.29, 1.82) is 0 Å². The van der Waals surface area contributed by atoms with E-state index in [2.05, 4.69) is 15.3 Å². The van der Waals surface area contributed by atoms with Crippen molar-refractivity contribution in [3.05, 3.63) is 47.9 Å². The number of rotatable bonds is 5. The minimum atomic E-state index is -0.228. The molecule has 3 N–H and O–H groups in total. The predicted molar refractivity (Wildman–Crippen MR) is 75.0 cm³/mol. The minimum absolute atomic E-state index is 0.0450. The summed E-state index contributed by atoms with van der Waals surface area (Å²) < 4.78 is 5.33. The van der Waals surface area contributed by atoms with Crippen LogP contribution in [0.5, 0.6) is 5.75 Å². The third kappa shape index (κ3) is 3.94. The molecule has 0 radical (unpaired) electrons. The van der Waals surface area contributed by atoms with Gasteiger partial charge in [0.2, 0.25) is 0 Å². The molecule has 1 heterocycles. The van der Waals surface area contributed by atoms with E-state index in [1.54, 1.807) is 25.3 Å². The molecule has 0 spiro atoms. The largest absolute Gasteiger partial charge is 0.484 e. The van der Waals surface area contributed by atoms with Gasteiger partial charge in [-0.3, -0.25) is 4.79 Å². The van der Waals surface area contributed by atoms with E-state index in [1.807, 2.05) is 18.2 Å². The molecule has 1 amide bonds. The Hall–Kier alpha value is -2.63. The monoisotopic (exact) mass is 272 g/mol. The fourth-order valence-electron chi connectivity index (χ4n) is 1.56. The molecule has 2 aromatic rings. The summed E-state index contributed by atoms with van der Waals surface area (Å²) in [6, 6.07) is 9.15. The van der Waals surface area contributed by atoms with Gasteiger partial charge in [-0.15, -0.1) is 0 Å². The zero-order valence-electron chi connectivity index (χ0n) is 11.2. The normalized spacial score (nSPS) is 10.1. The number of ether oxygens (including phenoxy) is 1. The fraction of sp³-hybridized carbons (Fsp3) is 0.214. The maximum atomic E-state index is 11.7. The van der Waals surface area contributed by atoms with Crippen LogP contribution >= 0.6 is 0 Å². The summed E-state index contributed by atoms with van der Waals surface area (Å²) in [4.78, 5) is 19.7. The highest BCUT2D eigenvalue weighted by atomic mass is 16.5. The Kier molecular flexibility index (Phi) is 4.49. The molecular weight excluding hydrogens is 256 g/mol. The number of nitrogens with one attached hydrogen (secondary N) is 1. The first-order chi connectivity index (χ1) is 9.65. The van der Waals surface area contributed by atoms with E-state index in [0.717, 1.165) is 0 Å². The highest BCUT2D eigenvalue weighted by molar-refractivity contribution is 5.77. The lowest BCUT2D eigenvalue weighted by atomic mass is 10.3. The number of carbonyl (C=O) groups is 1. The van der Waals surface area contributed by atoms with Gasteiger partial charge < -0.3 is 15.8 Å². The molecule has 6 heteroatoms. The molecule has 1 aromatic heterocycles. The summed E-state index contributed by atoms with van der Waals surface area (Å²) in [5.74, 6) is 1.40. The maximum absolute atomic E-state index is 11.7. The first kappa shape index (κ1) is 13.8. The van der Waals surface area contributed by atoms with Gasteiger partial charge in [0.25, 0.3) is 5.91 Å². The van der Waals surface area contributed by atoms with Crippen molar-refractivity contribution in [2.45, 2.75) is 13.5 Å². The van der Waals surface area contributed by atoms with Crippen LogP contribution in [-0.2, 0) is 11.3 Å². The SMILES string of the molecule is Cc1ncc(CNC(=O)COc2ccccc2)c(N)n1. The molecule has 0 aliphatic heterocycles. The number of amides is 1. The smallest absolute Gasteiger partial charge is 0.258 e. The van der Waals surface area contributed by atoms with Gasteiger partial charge in [0.15, 0.2) is 6.61 Å². The molecule has 0 saturated heterocycles. The topological polar surface area (TPSA) is 90.1 Å². The molecule has 0 atom stereocenters. The fourth-order valence-corrected chi connectivity index (χ4v) is 1.56. The summed E-state index contributed by atoms with van der Waals surface area (Å²) in [7, 11) is 0. The van der Waals surface area contributed by atoms with E-state index in [1.165, 1.54) is 0 Å². The number of para-hydroxylation sites is 1. The molecule has 0 aliphatic carbocycles. The lowest BCUT2D eigenvalue weighted by molar-refractivity contribution is -0.123. The number of anilines is 1. The van der Waals surface area contributed by atoms with Crippen molar-refractivity contribution in [2.24, 2.45) is 0 Å². The molecule has 6 nitrogen and oxygen atoms in total. The van der Waals surface area contributed by atoms with E-state index < -0.39 is 0 Å². The van der Waals surface area contributed by atoms with Crippen LogP contribution in [0, 0.1) is 6.92 Å². The molecule has 2 rings (SSSR count). The average Bonchev–Trinajstić information content (AvgIpc) is 2.45. The van der Waals surface area contributed by atoms with Gasteiger partial charge >= 0.3 is 0 Å². The summed E-state index contributed by atoms with van der Waals surface area (Å²) in [6.45, 7) is 1.99. The Labute approximate surface area is 117 Å². The van der Waals surface area contributed by atoms with Crippen LogP contribution in [-0.4, -0.2) is 22.5 Å². The molecule has 0 fully saturated rings. The molecule has 0 bridgehead atoms. The predicted octanol–water partition coefficient (Wildman–Crippen LogP) is 1.06. The number of nitrogens with zero attached hydrogens (tertiary/aromatic N) is 2. The highest BCUT2D eigenvalue weighted by Crippen LogP contribution is 2.08. The second-order valence-electron chi connectivity index (χ2n) is 4.21. The van der Waals surface area contributed by atoms with Crippen molar-refractivity contribution in [3.63, 3.8) is 0 Å². The standard InChI is InChI=1S/C14H16N4O2/c1-10-16-7-11(14(15)18-10)8-17-13(19)9-20-12-5-3-2-4-6-12/h2-7H,8-9H2,1H3,(H,17,19)(H2,15,16,18). The van der Waals surface area contributed by atoms with Crippen molar-refractivity contribution in [2.75, 3.05) is 12.3 Å². The number of benzene rings is 1. The maximum Gasteiger partial charge on any atom is 0.258 e. The van der Waals surface area contributed by atoms with Crippen molar-refractivity contribution < 1.29 is 9.53 Å². The van der Waals surface area contributed by atoms with Crippen LogP contribution in [0.3, 0.4) is 0 Å². The Bertz CT molecular complexity index is 587. The zero-order valence-corrected chi connectivity index (χ0v) is 11.2. The van der Waals surface area contributed by atoms with Crippen LogP contribution in [0.1, 0.15) is 11.4 Å². The second kappa shape index (κ2) is 6.51. The van der Waals surface area contributed by atoms with Gasteiger partial charge in [-0.05, 0) is 19.1 Å². The van der Waals surface area contributed by atoms with E-state index >= 15 is 0 Å². The van der Waals surface area contributed by atoms with Crippen LogP contribution < -0.4 is 15.8 Å². The molecule has 0 saturated carbocycles. The quantitative estimate of drug-likeness (QED) is 0.849. The van der Waals surface area contributed by atoms with Gasteiger partial charge in [-0.1, -0.05) is 18.2 Å². The van der Waals surface area contributed by atoms with Crippen LogP contribution in [0.4, 0.5) is 5.82 Å². The Morgan fingerprint density at radius 3 is 2.80 bits per heavy atom. The number of nitrogens with two attached hydrogens (primary N) is 1. The van der Waals surface area contributed by atoms with Gasteiger partial charge in [-0.25, -0.2) is 9.97 Å². The number of aromatic nitrogens is 2. The first-order valence-corrected chi connectivity index (χ1v) is 6.17. The van der Waals surface area contributed by atoms with Gasteiger partial charge in [0.1, 0.15) is 17.4 Å². The number of nitrogen functional groups attached to an aromatic ring is 1. The molecule has 0 unspecified atom stereocenters. The van der Waals surface area contributed by atoms with Gasteiger partial charge in [-0.2, -0.15) is 0 Å². The summed E-state index contributed by atoms with van der Waals surface area (Å²) in [5, 5.41) is 2.71. The third-order valence-electron chi connectivity index (χ3n) is 2.61. The van der Waals surface area contributed by atoms with E-state index in [4.69, 9.17) is 10.5 Å². The number of aryl methyl sites for hydroxylation is 1. The summed E-state index contributed by atoms with van der Waals surface area (Å²) in [6.07, 6.45) is 1.61.